The minimum Gasteiger partial charge on any atom is -0.368 e. The molecular weight excluding hydrogens is 254 g/mol. The molecule has 1 fully saturated rings. The first kappa shape index (κ1) is 12.9. The summed E-state index contributed by atoms with van der Waals surface area (Å²) in [4.78, 5) is 28.8. The van der Waals surface area contributed by atoms with Crippen LogP contribution in [-0.4, -0.2) is 50.2 Å². The molecule has 3 N–H and O–H groups in total. The van der Waals surface area contributed by atoms with Crippen LogP contribution in [0.25, 0.3) is 0 Å². The largest absolute Gasteiger partial charge is 0.368 e. The highest BCUT2D eigenvalue weighted by Crippen LogP contribution is 2.19. The Morgan fingerprint density at radius 3 is 3.06 bits per heavy atom. The van der Waals surface area contributed by atoms with Crippen molar-refractivity contribution in [3.8, 4) is 0 Å². The molecule has 0 unspecified atom stereocenters. The summed E-state index contributed by atoms with van der Waals surface area (Å²) in [5.74, 6) is -0.272. The molecule has 0 saturated carbocycles. The molecule has 0 aromatic carbocycles. The van der Waals surface area contributed by atoms with Crippen molar-refractivity contribution in [3.63, 3.8) is 0 Å². The van der Waals surface area contributed by atoms with Crippen molar-refractivity contribution in [2.45, 2.75) is 30.5 Å². The molecule has 2 heterocycles. The summed E-state index contributed by atoms with van der Waals surface area (Å²) in [6, 6.07) is -0.457. The summed E-state index contributed by atoms with van der Waals surface area (Å²) >= 11 is 1.27. The number of nitrogens with zero attached hydrogens (tertiary/aromatic N) is 3. The lowest BCUT2D eigenvalue weighted by Crippen LogP contribution is -2.51. The van der Waals surface area contributed by atoms with Gasteiger partial charge in [0.1, 0.15) is 12.4 Å². The first-order valence-corrected chi connectivity index (χ1v) is 6.74. The molecule has 0 aliphatic carbocycles. The molecule has 0 bridgehead atoms. The zero-order valence-corrected chi connectivity index (χ0v) is 10.7. The highest BCUT2D eigenvalue weighted by molar-refractivity contribution is 7.99. The highest BCUT2D eigenvalue weighted by Gasteiger charge is 2.30. The van der Waals surface area contributed by atoms with E-state index < -0.39 is 11.9 Å². The Bertz CT molecular complexity index is 422. The second-order valence-electron chi connectivity index (χ2n) is 4.08. The number of aromatic amines is 1. The van der Waals surface area contributed by atoms with Crippen molar-refractivity contribution in [2.24, 2.45) is 5.73 Å². The van der Waals surface area contributed by atoms with Crippen LogP contribution in [0.15, 0.2) is 11.5 Å². The van der Waals surface area contributed by atoms with Gasteiger partial charge in [-0.15, -0.1) is 0 Å². The van der Waals surface area contributed by atoms with Crippen LogP contribution in [0.2, 0.25) is 0 Å². The normalized spacial score (nSPS) is 19.8. The van der Waals surface area contributed by atoms with Crippen molar-refractivity contribution in [3.05, 3.63) is 6.33 Å². The SMILES string of the molecule is NC(=O)[C@H]1CCCCN1C(=O)CSc1ncn[nH]1. The van der Waals surface area contributed by atoms with E-state index in [-0.39, 0.29) is 11.7 Å². The zero-order chi connectivity index (χ0) is 13.0. The van der Waals surface area contributed by atoms with Gasteiger partial charge in [-0.1, -0.05) is 11.8 Å². The quantitative estimate of drug-likeness (QED) is 0.734. The number of carbonyl (C=O) groups is 2. The summed E-state index contributed by atoms with van der Waals surface area (Å²) in [7, 11) is 0. The Kier molecular flexibility index (Phi) is 4.19. The predicted molar refractivity (Wildman–Crippen MR) is 65.7 cm³/mol. The van der Waals surface area contributed by atoms with Crippen molar-refractivity contribution in [1.82, 2.24) is 20.1 Å². The molecule has 8 heteroatoms. The molecule has 7 nitrogen and oxygen atoms in total. The van der Waals surface area contributed by atoms with Gasteiger partial charge in [-0.05, 0) is 19.3 Å². The van der Waals surface area contributed by atoms with E-state index in [9.17, 15) is 9.59 Å². The number of primary amides is 1. The number of nitrogens with two attached hydrogens (primary N) is 1. The Hall–Kier alpha value is -1.57. The topological polar surface area (TPSA) is 105 Å². The highest BCUT2D eigenvalue weighted by atomic mass is 32.2. The van der Waals surface area contributed by atoms with Crippen molar-refractivity contribution in [2.75, 3.05) is 12.3 Å². The van der Waals surface area contributed by atoms with Crippen LogP contribution in [0.4, 0.5) is 0 Å². The molecule has 1 atom stereocenters. The van der Waals surface area contributed by atoms with Crippen LogP contribution in [0, 0.1) is 0 Å². The molecular formula is C10H15N5O2S. The fourth-order valence-electron chi connectivity index (χ4n) is 2.00. The van der Waals surface area contributed by atoms with Crippen molar-refractivity contribution < 1.29 is 9.59 Å². The molecule has 1 saturated heterocycles. The predicted octanol–water partition coefficient (Wildman–Crippen LogP) is -0.237. The molecule has 98 valence electrons. The third kappa shape index (κ3) is 3.00. The lowest BCUT2D eigenvalue weighted by atomic mass is 10.0. The molecule has 1 aromatic rings. The second kappa shape index (κ2) is 5.85. The number of carbonyl (C=O) groups excluding carboxylic acids is 2. The molecule has 2 amide bonds. The van der Waals surface area contributed by atoms with E-state index in [0.29, 0.717) is 18.1 Å². The Balaban J connectivity index is 1.92. The average Bonchev–Trinajstić information content (AvgIpc) is 2.89. The maximum Gasteiger partial charge on any atom is 0.240 e. The van der Waals surface area contributed by atoms with Crippen molar-refractivity contribution in [1.29, 1.82) is 0 Å². The number of rotatable bonds is 4. The van der Waals surface area contributed by atoms with Gasteiger partial charge in [0.25, 0.3) is 0 Å². The lowest BCUT2D eigenvalue weighted by molar-refractivity contribution is -0.138. The van der Waals surface area contributed by atoms with Gasteiger partial charge in [-0.25, -0.2) is 4.98 Å². The Morgan fingerprint density at radius 2 is 2.39 bits per heavy atom. The van der Waals surface area contributed by atoms with Gasteiger partial charge in [0.2, 0.25) is 11.8 Å². The monoisotopic (exact) mass is 269 g/mol. The zero-order valence-electron chi connectivity index (χ0n) is 9.83. The molecule has 0 radical (unpaired) electrons. The van der Waals surface area contributed by atoms with Gasteiger partial charge in [0.05, 0.1) is 5.75 Å². The Labute approximate surface area is 109 Å². The van der Waals surface area contributed by atoms with Gasteiger partial charge in [0, 0.05) is 6.54 Å². The number of amides is 2. The van der Waals surface area contributed by atoms with Crippen LogP contribution in [0.1, 0.15) is 19.3 Å². The summed E-state index contributed by atoms with van der Waals surface area (Å²) in [5.41, 5.74) is 5.32. The van der Waals surface area contributed by atoms with E-state index in [1.165, 1.54) is 18.1 Å². The van der Waals surface area contributed by atoms with E-state index in [1.807, 2.05) is 0 Å². The van der Waals surface area contributed by atoms with Crippen LogP contribution in [0.5, 0.6) is 0 Å². The molecule has 1 aromatic heterocycles. The molecule has 2 rings (SSSR count). The van der Waals surface area contributed by atoms with E-state index in [4.69, 9.17) is 5.73 Å². The van der Waals surface area contributed by atoms with Gasteiger partial charge in [-0.3, -0.25) is 14.7 Å². The number of likely N-dealkylation sites (tertiary alicyclic amines) is 1. The van der Waals surface area contributed by atoms with E-state index in [0.717, 1.165) is 12.8 Å². The first-order valence-electron chi connectivity index (χ1n) is 5.75. The molecule has 1 aliphatic rings. The van der Waals surface area contributed by atoms with E-state index in [1.54, 1.807) is 4.90 Å². The fraction of sp³-hybridized carbons (Fsp3) is 0.600. The van der Waals surface area contributed by atoms with Crippen LogP contribution in [-0.2, 0) is 9.59 Å². The van der Waals surface area contributed by atoms with Crippen LogP contribution in [0.3, 0.4) is 0 Å². The summed E-state index contributed by atoms with van der Waals surface area (Å²) < 4.78 is 0. The minimum atomic E-state index is -0.457. The smallest absolute Gasteiger partial charge is 0.240 e. The number of aromatic nitrogens is 3. The van der Waals surface area contributed by atoms with Gasteiger partial charge in [-0.2, -0.15) is 5.10 Å². The standard InChI is InChI=1S/C10H15N5O2S/c11-9(17)7-3-1-2-4-15(7)8(16)5-18-10-12-6-13-14-10/h6-7H,1-5H2,(H2,11,17)(H,12,13,14)/t7-/m1/s1. The summed E-state index contributed by atoms with van der Waals surface area (Å²) in [6.45, 7) is 0.601. The number of H-pyrrole nitrogens is 1. The van der Waals surface area contributed by atoms with Crippen LogP contribution >= 0.6 is 11.8 Å². The number of hydrogen-bond acceptors (Lipinski definition) is 5. The fourth-order valence-corrected chi connectivity index (χ4v) is 2.67. The molecule has 1 aliphatic heterocycles. The van der Waals surface area contributed by atoms with Crippen molar-refractivity contribution >= 4 is 23.6 Å². The second-order valence-corrected chi connectivity index (χ2v) is 5.04. The number of piperidine rings is 1. The summed E-state index contributed by atoms with van der Waals surface area (Å²) in [5, 5.41) is 6.96. The van der Waals surface area contributed by atoms with E-state index in [2.05, 4.69) is 15.2 Å². The third-order valence-corrected chi connectivity index (χ3v) is 3.74. The van der Waals surface area contributed by atoms with Gasteiger partial charge in [0.15, 0.2) is 5.16 Å². The number of nitrogens with one attached hydrogen (secondary N) is 1. The Morgan fingerprint density at radius 1 is 1.56 bits per heavy atom. The first-order chi connectivity index (χ1) is 8.68. The lowest BCUT2D eigenvalue weighted by Gasteiger charge is -2.33. The maximum absolute atomic E-state index is 12.0. The number of hydrogen-bond donors (Lipinski definition) is 2. The third-order valence-electron chi connectivity index (χ3n) is 2.88. The van der Waals surface area contributed by atoms with Crippen LogP contribution < -0.4 is 5.73 Å². The molecule has 18 heavy (non-hydrogen) atoms. The van der Waals surface area contributed by atoms with Gasteiger partial charge < -0.3 is 10.6 Å². The maximum atomic E-state index is 12.0. The minimum absolute atomic E-state index is 0.0834. The molecule has 0 spiro atoms. The number of thioether (sulfide) groups is 1. The van der Waals surface area contributed by atoms with E-state index >= 15 is 0 Å². The average molecular weight is 269 g/mol. The van der Waals surface area contributed by atoms with Gasteiger partial charge >= 0.3 is 0 Å². The summed E-state index contributed by atoms with van der Waals surface area (Å²) in [6.07, 6.45) is 3.91.